The van der Waals surface area contributed by atoms with Crippen molar-refractivity contribution in [3.8, 4) is 0 Å². The summed E-state index contributed by atoms with van der Waals surface area (Å²) in [6.07, 6.45) is 3.68. The zero-order chi connectivity index (χ0) is 12.8. The molecular weight excluding hydrogens is 214 g/mol. The van der Waals surface area contributed by atoms with E-state index in [0.29, 0.717) is 12.0 Å². The van der Waals surface area contributed by atoms with Crippen molar-refractivity contribution in [1.82, 2.24) is 4.90 Å². The minimum Gasteiger partial charge on any atom is -0.461 e. The summed E-state index contributed by atoms with van der Waals surface area (Å²) < 4.78 is 5.71. The lowest BCUT2D eigenvalue weighted by Crippen LogP contribution is -2.39. The molecule has 2 rings (SSSR count). The molecular formula is C14H25NO2. The minimum atomic E-state index is -0.0791. The van der Waals surface area contributed by atoms with Crippen LogP contribution >= 0.6 is 0 Å². The maximum atomic E-state index is 11.8. The molecule has 2 aliphatic rings. The molecule has 0 N–H and O–H groups in total. The van der Waals surface area contributed by atoms with Crippen LogP contribution in [0.3, 0.4) is 0 Å². The highest BCUT2D eigenvalue weighted by molar-refractivity contribution is 5.72. The summed E-state index contributed by atoms with van der Waals surface area (Å²) in [5.41, 5.74) is 0.496. The van der Waals surface area contributed by atoms with Crippen LogP contribution in [0.15, 0.2) is 0 Å². The van der Waals surface area contributed by atoms with Gasteiger partial charge in [-0.25, -0.2) is 0 Å². The van der Waals surface area contributed by atoms with Gasteiger partial charge in [0.1, 0.15) is 6.10 Å². The van der Waals surface area contributed by atoms with E-state index in [2.05, 4.69) is 20.8 Å². The Balaban J connectivity index is 2.03. The van der Waals surface area contributed by atoms with Crippen molar-refractivity contribution in [1.29, 1.82) is 0 Å². The quantitative estimate of drug-likeness (QED) is 0.708. The fraction of sp³-hybridized carbons (Fsp3) is 0.929. The summed E-state index contributed by atoms with van der Waals surface area (Å²) in [4.78, 5) is 13.6. The topological polar surface area (TPSA) is 29.5 Å². The van der Waals surface area contributed by atoms with Gasteiger partial charge in [-0.15, -0.1) is 0 Å². The number of likely N-dealkylation sites (N-methyl/N-ethyl adjacent to an activating group) is 1. The molecule has 2 fully saturated rings. The fourth-order valence-electron chi connectivity index (χ4n) is 3.76. The number of fused-ring (bicyclic) bond motifs is 2. The lowest BCUT2D eigenvalue weighted by atomic mass is 9.70. The number of esters is 1. The van der Waals surface area contributed by atoms with Gasteiger partial charge in [-0.2, -0.15) is 0 Å². The maximum absolute atomic E-state index is 11.8. The molecule has 0 aromatic rings. The van der Waals surface area contributed by atoms with Crippen molar-refractivity contribution in [2.24, 2.45) is 16.7 Å². The molecule has 0 aliphatic heterocycles. The number of carbonyl (C=O) groups is 1. The summed E-state index contributed by atoms with van der Waals surface area (Å²) >= 11 is 0. The van der Waals surface area contributed by atoms with Crippen molar-refractivity contribution in [3.05, 3.63) is 0 Å². The summed E-state index contributed by atoms with van der Waals surface area (Å²) in [7, 11) is 3.79. The Morgan fingerprint density at radius 3 is 2.41 bits per heavy atom. The van der Waals surface area contributed by atoms with E-state index >= 15 is 0 Å². The van der Waals surface area contributed by atoms with E-state index in [1.165, 1.54) is 12.8 Å². The van der Waals surface area contributed by atoms with E-state index in [4.69, 9.17) is 4.74 Å². The molecule has 3 heteroatoms. The second-order valence-electron chi connectivity index (χ2n) is 6.83. The van der Waals surface area contributed by atoms with Crippen molar-refractivity contribution >= 4 is 5.97 Å². The van der Waals surface area contributed by atoms with E-state index in [-0.39, 0.29) is 17.5 Å². The number of ether oxygens (including phenoxy) is 1. The highest BCUT2D eigenvalue weighted by Crippen LogP contribution is 2.66. The molecule has 2 bridgehead atoms. The molecule has 0 radical (unpaired) electrons. The zero-order valence-electron chi connectivity index (χ0n) is 11.7. The molecule has 17 heavy (non-hydrogen) atoms. The van der Waals surface area contributed by atoms with Crippen LogP contribution < -0.4 is 0 Å². The van der Waals surface area contributed by atoms with E-state index in [1.807, 2.05) is 19.0 Å². The molecule has 2 saturated carbocycles. The van der Waals surface area contributed by atoms with E-state index in [9.17, 15) is 4.79 Å². The Labute approximate surface area is 105 Å². The third-order valence-electron chi connectivity index (χ3n) is 5.43. The van der Waals surface area contributed by atoms with Gasteiger partial charge in [0, 0.05) is 5.41 Å². The Bertz CT molecular complexity index is 324. The monoisotopic (exact) mass is 239 g/mol. The third-order valence-corrected chi connectivity index (χ3v) is 5.43. The largest absolute Gasteiger partial charge is 0.461 e. The number of hydrogen-bond acceptors (Lipinski definition) is 3. The average Bonchev–Trinajstić information content (AvgIpc) is 2.49. The van der Waals surface area contributed by atoms with Crippen LogP contribution in [0.5, 0.6) is 0 Å². The van der Waals surface area contributed by atoms with Crippen molar-refractivity contribution in [3.63, 3.8) is 0 Å². The first kappa shape index (κ1) is 12.9. The average molecular weight is 239 g/mol. The minimum absolute atomic E-state index is 0.0791. The van der Waals surface area contributed by atoms with Gasteiger partial charge in [-0.05, 0) is 44.7 Å². The Morgan fingerprint density at radius 2 is 2.00 bits per heavy atom. The lowest BCUT2D eigenvalue weighted by Gasteiger charge is -2.38. The van der Waals surface area contributed by atoms with Crippen LogP contribution in [-0.2, 0) is 9.53 Å². The Kier molecular flexibility index (Phi) is 3.01. The van der Waals surface area contributed by atoms with Gasteiger partial charge < -0.3 is 4.74 Å². The first-order valence-electron chi connectivity index (χ1n) is 6.61. The number of hydrogen-bond donors (Lipinski definition) is 0. The molecule has 98 valence electrons. The first-order valence-corrected chi connectivity index (χ1v) is 6.61. The van der Waals surface area contributed by atoms with Crippen LogP contribution in [0.25, 0.3) is 0 Å². The first-order chi connectivity index (χ1) is 7.77. The predicted molar refractivity (Wildman–Crippen MR) is 67.7 cm³/mol. The van der Waals surface area contributed by atoms with E-state index in [1.54, 1.807) is 0 Å². The smallest absolute Gasteiger partial charge is 0.320 e. The normalized spacial score (nSPS) is 38.7. The molecule has 0 aromatic heterocycles. The highest BCUT2D eigenvalue weighted by atomic mass is 16.5. The standard InChI is InChI=1S/C14H25NO2/c1-13(2)10-6-7-14(13,3)11(8-10)17-12(16)9-15(4)5/h10-11H,6-9H2,1-5H3. The Morgan fingerprint density at radius 1 is 1.35 bits per heavy atom. The highest BCUT2D eigenvalue weighted by Gasteiger charge is 2.62. The van der Waals surface area contributed by atoms with Gasteiger partial charge in [0.2, 0.25) is 0 Å². The SMILES string of the molecule is CN(C)CC(=O)OC1CC2CCC1(C)C2(C)C. The molecule has 2 aliphatic carbocycles. The molecule has 0 amide bonds. The van der Waals surface area contributed by atoms with Gasteiger partial charge in [0.25, 0.3) is 0 Å². The number of carbonyl (C=O) groups excluding carboxylic acids is 1. The summed E-state index contributed by atoms with van der Waals surface area (Å²) in [6.45, 7) is 7.36. The maximum Gasteiger partial charge on any atom is 0.320 e. The molecule has 3 nitrogen and oxygen atoms in total. The number of nitrogens with zero attached hydrogens (tertiary/aromatic N) is 1. The lowest BCUT2D eigenvalue weighted by molar-refractivity contribution is -0.157. The van der Waals surface area contributed by atoms with Crippen LogP contribution in [0.1, 0.15) is 40.0 Å². The number of rotatable bonds is 3. The molecule has 0 aromatic carbocycles. The summed E-state index contributed by atoms with van der Waals surface area (Å²) in [5.74, 6) is 0.647. The summed E-state index contributed by atoms with van der Waals surface area (Å²) in [6, 6.07) is 0. The van der Waals surface area contributed by atoms with Crippen LogP contribution in [-0.4, -0.2) is 37.6 Å². The van der Waals surface area contributed by atoms with Crippen molar-refractivity contribution in [2.75, 3.05) is 20.6 Å². The van der Waals surface area contributed by atoms with E-state index in [0.717, 1.165) is 12.3 Å². The van der Waals surface area contributed by atoms with Crippen LogP contribution in [0.2, 0.25) is 0 Å². The van der Waals surface area contributed by atoms with Gasteiger partial charge in [0.15, 0.2) is 0 Å². The van der Waals surface area contributed by atoms with Gasteiger partial charge in [0.05, 0.1) is 6.54 Å². The Hall–Kier alpha value is -0.570. The zero-order valence-corrected chi connectivity index (χ0v) is 11.7. The fourth-order valence-corrected chi connectivity index (χ4v) is 3.76. The molecule has 0 heterocycles. The summed E-state index contributed by atoms with van der Waals surface area (Å²) in [5, 5.41) is 0. The van der Waals surface area contributed by atoms with Crippen molar-refractivity contribution < 1.29 is 9.53 Å². The third kappa shape index (κ3) is 1.88. The second-order valence-corrected chi connectivity index (χ2v) is 6.83. The second kappa shape index (κ2) is 3.98. The predicted octanol–water partition coefficient (Wildman–Crippen LogP) is 2.31. The van der Waals surface area contributed by atoms with Gasteiger partial charge in [-0.3, -0.25) is 9.69 Å². The molecule has 0 spiro atoms. The molecule has 0 saturated heterocycles. The van der Waals surface area contributed by atoms with Crippen molar-refractivity contribution in [2.45, 2.75) is 46.1 Å². The van der Waals surface area contributed by atoms with Gasteiger partial charge >= 0.3 is 5.97 Å². The van der Waals surface area contributed by atoms with Crippen LogP contribution in [0, 0.1) is 16.7 Å². The van der Waals surface area contributed by atoms with Gasteiger partial charge in [-0.1, -0.05) is 20.8 Å². The van der Waals surface area contributed by atoms with Crippen LogP contribution in [0.4, 0.5) is 0 Å². The molecule has 3 atom stereocenters. The van der Waals surface area contributed by atoms with E-state index < -0.39 is 0 Å². The molecule has 3 unspecified atom stereocenters.